The minimum absolute atomic E-state index is 0.00608. The maximum atomic E-state index is 12.6. The molecule has 0 fully saturated rings. The highest BCUT2D eigenvalue weighted by Gasteiger charge is 2.24. The summed E-state index contributed by atoms with van der Waals surface area (Å²) in [4.78, 5) is 37.2. The first-order chi connectivity index (χ1) is 12.7. The number of nitrogens with one attached hydrogen (secondary N) is 1. The molecule has 0 heterocycles. The zero-order valence-electron chi connectivity index (χ0n) is 15.6. The van der Waals surface area contributed by atoms with Gasteiger partial charge in [0, 0.05) is 20.0 Å². The van der Waals surface area contributed by atoms with E-state index in [2.05, 4.69) is 10.2 Å². The number of nitrogens with two attached hydrogens (primary N) is 2. The molecular formula is C17H25ClN4O5. The van der Waals surface area contributed by atoms with Crippen molar-refractivity contribution in [2.75, 3.05) is 38.5 Å². The highest BCUT2D eigenvalue weighted by atomic mass is 35.5. The van der Waals surface area contributed by atoms with Crippen LogP contribution < -0.4 is 26.3 Å². The second-order valence-corrected chi connectivity index (χ2v) is 6.02. The van der Waals surface area contributed by atoms with Gasteiger partial charge in [-0.3, -0.25) is 14.4 Å². The van der Waals surface area contributed by atoms with Crippen molar-refractivity contribution in [3.05, 3.63) is 16.7 Å². The van der Waals surface area contributed by atoms with E-state index in [4.69, 9.17) is 32.5 Å². The average molecular weight is 401 g/mol. The lowest BCUT2D eigenvalue weighted by atomic mass is 10.1. The van der Waals surface area contributed by atoms with Crippen LogP contribution in [0.15, 0.2) is 6.07 Å². The van der Waals surface area contributed by atoms with Crippen molar-refractivity contribution in [3.8, 4) is 11.5 Å². The largest absolute Gasteiger partial charge is 0.479 e. The van der Waals surface area contributed by atoms with Crippen molar-refractivity contribution in [1.82, 2.24) is 10.2 Å². The minimum Gasteiger partial charge on any atom is -0.479 e. The van der Waals surface area contributed by atoms with Crippen LogP contribution in [-0.2, 0) is 9.59 Å². The van der Waals surface area contributed by atoms with Crippen molar-refractivity contribution in [2.45, 2.75) is 20.8 Å². The Morgan fingerprint density at radius 3 is 2.37 bits per heavy atom. The molecule has 0 radical (unpaired) electrons. The summed E-state index contributed by atoms with van der Waals surface area (Å²) in [7, 11) is 0. The summed E-state index contributed by atoms with van der Waals surface area (Å²) in [6.07, 6.45) is 0. The van der Waals surface area contributed by atoms with Gasteiger partial charge in [-0.15, -0.1) is 0 Å². The van der Waals surface area contributed by atoms with Gasteiger partial charge in [0.1, 0.15) is 0 Å². The number of benzene rings is 1. The van der Waals surface area contributed by atoms with Crippen LogP contribution in [0.1, 0.15) is 31.1 Å². The number of esters is 1. The Hall–Kier alpha value is -2.52. The van der Waals surface area contributed by atoms with E-state index < -0.39 is 24.4 Å². The number of anilines is 1. The third kappa shape index (κ3) is 6.61. The lowest BCUT2D eigenvalue weighted by Gasteiger charge is -2.19. The fourth-order valence-corrected chi connectivity index (χ4v) is 2.48. The van der Waals surface area contributed by atoms with Gasteiger partial charge in [0.15, 0.2) is 18.1 Å². The van der Waals surface area contributed by atoms with Crippen LogP contribution in [0.5, 0.6) is 11.5 Å². The molecule has 0 aromatic heterocycles. The SMILES string of the molecule is CCN(CC)CCNC(=O)c1cc(Cl)c(N)c(OC(C)=O)c1OCC(N)=O. The standard InChI is InChI=1S/C17H25ClN4O5/c1-4-22(5-2)7-6-21-17(25)11-8-12(18)14(20)16(27-10(3)23)15(11)26-9-13(19)24/h8H,4-7,9,20H2,1-3H3,(H2,19,24)(H,21,25). The number of hydrogen-bond donors (Lipinski definition) is 3. The topological polar surface area (TPSA) is 137 Å². The van der Waals surface area contributed by atoms with E-state index in [0.29, 0.717) is 13.1 Å². The average Bonchev–Trinajstić information content (AvgIpc) is 2.60. The number of nitrogen functional groups attached to an aromatic ring is 1. The van der Waals surface area contributed by atoms with Crippen LogP contribution in [0.3, 0.4) is 0 Å². The van der Waals surface area contributed by atoms with Crippen molar-refractivity contribution in [3.63, 3.8) is 0 Å². The lowest BCUT2D eigenvalue weighted by molar-refractivity contribution is -0.131. The smallest absolute Gasteiger partial charge is 0.308 e. The van der Waals surface area contributed by atoms with Gasteiger partial charge in [-0.2, -0.15) is 0 Å². The number of ether oxygens (including phenoxy) is 2. The van der Waals surface area contributed by atoms with E-state index in [1.54, 1.807) is 0 Å². The molecule has 10 heteroatoms. The second kappa shape index (κ2) is 10.6. The fraction of sp³-hybridized carbons (Fsp3) is 0.471. The van der Waals surface area contributed by atoms with Gasteiger partial charge in [0.25, 0.3) is 11.8 Å². The predicted molar refractivity (Wildman–Crippen MR) is 102 cm³/mol. The van der Waals surface area contributed by atoms with Crippen LogP contribution in [0.4, 0.5) is 5.69 Å². The molecule has 150 valence electrons. The summed E-state index contributed by atoms with van der Waals surface area (Å²) >= 11 is 6.06. The van der Waals surface area contributed by atoms with Gasteiger partial charge in [0.05, 0.1) is 16.3 Å². The molecule has 0 aliphatic heterocycles. The third-order valence-electron chi connectivity index (χ3n) is 3.68. The van der Waals surface area contributed by atoms with Crippen molar-refractivity contribution < 1.29 is 23.9 Å². The van der Waals surface area contributed by atoms with Gasteiger partial charge in [0.2, 0.25) is 0 Å². The molecule has 1 aromatic rings. The summed E-state index contributed by atoms with van der Waals surface area (Å²) in [5.41, 5.74) is 10.8. The Morgan fingerprint density at radius 2 is 1.85 bits per heavy atom. The molecule has 2 amide bonds. The first kappa shape index (κ1) is 22.5. The van der Waals surface area contributed by atoms with Crippen molar-refractivity contribution in [1.29, 1.82) is 0 Å². The van der Waals surface area contributed by atoms with Crippen LogP contribution in [0.25, 0.3) is 0 Å². The Bertz CT molecular complexity index is 707. The highest BCUT2D eigenvalue weighted by Crippen LogP contribution is 2.42. The first-order valence-electron chi connectivity index (χ1n) is 8.43. The molecule has 0 atom stereocenters. The number of nitrogens with zero attached hydrogens (tertiary/aromatic N) is 1. The van der Waals surface area contributed by atoms with E-state index >= 15 is 0 Å². The zero-order valence-corrected chi connectivity index (χ0v) is 16.4. The second-order valence-electron chi connectivity index (χ2n) is 5.61. The fourth-order valence-electron chi connectivity index (χ4n) is 2.29. The minimum atomic E-state index is -0.773. The summed E-state index contributed by atoms with van der Waals surface area (Å²) in [6, 6.07) is 1.28. The summed E-state index contributed by atoms with van der Waals surface area (Å²) in [6.45, 7) is 7.39. The van der Waals surface area contributed by atoms with Gasteiger partial charge in [-0.25, -0.2) is 0 Å². The summed E-state index contributed by atoms with van der Waals surface area (Å²) in [5, 5.41) is 2.74. The highest BCUT2D eigenvalue weighted by molar-refractivity contribution is 6.34. The number of likely N-dealkylation sites (N-methyl/N-ethyl adjacent to an activating group) is 1. The summed E-state index contributed by atoms with van der Waals surface area (Å²) in [5.74, 6) is -2.39. The predicted octanol–water partition coefficient (Wildman–Crippen LogP) is 0.783. The number of halogens is 1. The molecule has 27 heavy (non-hydrogen) atoms. The number of amides is 2. The molecule has 0 aliphatic rings. The Morgan fingerprint density at radius 1 is 1.22 bits per heavy atom. The molecule has 1 rings (SSSR count). The Kier molecular flexibility index (Phi) is 8.83. The van der Waals surface area contributed by atoms with E-state index in [-0.39, 0.29) is 27.8 Å². The molecule has 0 bridgehead atoms. The van der Waals surface area contributed by atoms with Crippen LogP contribution in [0.2, 0.25) is 5.02 Å². The first-order valence-corrected chi connectivity index (χ1v) is 8.81. The normalized spacial score (nSPS) is 10.6. The van der Waals surface area contributed by atoms with Crippen LogP contribution in [0, 0.1) is 0 Å². The molecule has 0 spiro atoms. The van der Waals surface area contributed by atoms with Crippen LogP contribution >= 0.6 is 11.6 Å². The molecule has 0 saturated heterocycles. The number of carbonyl (C=O) groups excluding carboxylic acids is 3. The molecule has 0 saturated carbocycles. The molecule has 9 nitrogen and oxygen atoms in total. The lowest BCUT2D eigenvalue weighted by Crippen LogP contribution is -2.35. The van der Waals surface area contributed by atoms with E-state index in [9.17, 15) is 14.4 Å². The van der Waals surface area contributed by atoms with E-state index in [1.807, 2.05) is 13.8 Å². The Balaban J connectivity index is 3.18. The monoisotopic (exact) mass is 400 g/mol. The quantitative estimate of drug-likeness (QED) is 0.300. The van der Waals surface area contributed by atoms with Crippen molar-refractivity contribution in [2.24, 2.45) is 5.73 Å². The number of rotatable bonds is 10. The summed E-state index contributed by atoms with van der Waals surface area (Å²) < 4.78 is 10.3. The molecule has 0 unspecified atom stereocenters. The number of hydrogen-bond acceptors (Lipinski definition) is 7. The maximum absolute atomic E-state index is 12.6. The molecule has 1 aromatic carbocycles. The van der Waals surface area contributed by atoms with Crippen molar-refractivity contribution >= 4 is 35.1 Å². The Labute approximate surface area is 162 Å². The maximum Gasteiger partial charge on any atom is 0.308 e. The number of primary amides is 1. The molecule has 5 N–H and O–H groups in total. The van der Waals surface area contributed by atoms with Gasteiger partial charge in [-0.1, -0.05) is 25.4 Å². The van der Waals surface area contributed by atoms with E-state index in [0.717, 1.165) is 20.0 Å². The van der Waals surface area contributed by atoms with Gasteiger partial charge < -0.3 is 31.2 Å². The molecule has 0 aliphatic carbocycles. The van der Waals surface area contributed by atoms with Gasteiger partial charge in [-0.05, 0) is 19.2 Å². The third-order valence-corrected chi connectivity index (χ3v) is 3.99. The number of carbonyl (C=O) groups is 3. The zero-order chi connectivity index (χ0) is 20.6. The molecular weight excluding hydrogens is 376 g/mol. The van der Waals surface area contributed by atoms with E-state index in [1.165, 1.54) is 6.07 Å². The van der Waals surface area contributed by atoms with Crippen LogP contribution in [-0.4, -0.2) is 55.5 Å². The van der Waals surface area contributed by atoms with Gasteiger partial charge >= 0.3 is 5.97 Å².